The van der Waals surface area contributed by atoms with Crippen LogP contribution >= 0.6 is 11.8 Å². The second kappa shape index (κ2) is 10.4. The molecule has 0 fully saturated rings. The van der Waals surface area contributed by atoms with Crippen LogP contribution in [0.4, 0.5) is 0 Å². The fourth-order valence-electron chi connectivity index (χ4n) is 2.14. The van der Waals surface area contributed by atoms with Crippen molar-refractivity contribution in [3.05, 3.63) is 65.2 Å². The SMILES string of the molecule is CON=C(Sc1cc(C(C)=NOCc2ccccc2)ccc1C)C(=O)OC. The summed E-state index contributed by atoms with van der Waals surface area (Å²) in [7, 11) is 2.69. The molecule has 0 amide bonds. The molecule has 0 heterocycles. The van der Waals surface area contributed by atoms with E-state index in [1.807, 2.05) is 62.4 Å². The average Bonchev–Trinajstić information content (AvgIpc) is 2.69. The minimum absolute atomic E-state index is 0.121. The van der Waals surface area contributed by atoms with Crippen molar-refractivity contribution in [1.82, 2.24) is 0 Å². The van der Waals surface area contributed by atoms with Crippen LogP contribution in [0.5, 0.6) is 0 Å². The molecule has 0 radical (unpaired) electrons. The largest absolute Gasteiger partial charge is 0.464 e. The van der Waals surface area contributed by atoms with Crippen LogP contribution in [0.1, 0.15) is 23.6 Å². The van der Waals surface area contributed by atoms with Gasteiger partial charge in [-0.05, 0) is 31.0 Å². The second-order valence-corrected chi connectivity index (χ2v) is 6.62. The van der Waals surface area contributed by atoms with Gasteiger partial charge in [-0.1, -0.05) is 64.5 Å². The zero-order valence-corrected chi connectivity index (χ0v) is 16.6. The van der Waals surface area contributed by atoms with Gasteiger partial charge < -0.3 is 14.4 Å². The van der Waals surface area contributed by atoms with Crippen LogP contribution < -0.4 is 0 Å². The van der Waals surface area contributed by atoms with Gasteiger partial charge in [0.15, 0.2) is 0 Å². The molecule has 6 nitrogen and oxygen atoms in total. The molecule has 2 aromatic carbocycles. The summed E-state index contributed by atoms with van der Waals surface area (Å²) >= 11 is 1.18. The molecule has 0 atom stereocenters. The van der Waals surface area contributed by atoms with Gasteiger partial charge in [0, 0.05) is 10.5 Å². The highest BCUT2D eigenvalue weighted by molar-refractivity contribution is 8.15. The third-order valence-electron chi connectivity index (χ3n) is 3.62. The van der Waals surface area contributed by atoms with E-state index in [1.54, 1.807) is 0 Å². The molecule has 2 rings (SSSR count). The van der Waals surface area contributed by atoms with Gasteiger partial charge in [-0.15, -0.1) is 0 Å². The van der Waals surface area contributed by atoms with Crippen LogP contribution in [-0.2, 0) is 25.8 Å². The molecule has 7 heteroatoms. The first-order valence-electron chi connectivity index (χ1n) is 8.24. The van der Waals surface area contributed by atoms with Crippen molar-refractivity contribution in [1.29, 1.82) is 0 Å². The van der Waals surface area contributed by atoms with Crippen molar-refractivity contribution < 1.29 is 19.2 Å². The van der Waals surface area contributed by atoms with Crippen molar-refractivity contribution in [3.8, 4) is 0 Å². The number of nitrogens with zero attached hydrogens (tertiary/aromatic N) is 2. The first-order chi connectivity index (χ1) is 13.0. The quantitative estimate of drug-likeness (QED) is 0.245. The van der Waals surface area contributed by atoms with Gasteiger partial charge in [-0.3, -0.25) is 0 Å². The zero-order chi connectivity index (χ0) is 19.6. The van der Waals surface area contributed by atoms with Gasteiger partial charge in [0.1, 0.15) is 13.7 Å². The Kier molecular flexibility index (Phi) is 7.88. The van der Waals surface area contributed by atoms with E-state index in [0.29, 0.717) is 6.61 Å². The van der Waals surface area contributed by atoms with Crippen molar-refractivity contribution in [2.45, 2.75) is 25.3 Å². The standard InChI is InChI=1S/C20H22N2O4S/c1-14-10-11-17(12-18(14)27-19(22-25-4)20(23)24-3)15(2)21-26-13-16-8-6-5-7-9-16/h5-12H,13H2,1-4H3. The highest BCUT2D eigenvalue weighted by Crippen LogP contribution is 2.26. The highest BCUT2D eigenvalue weighted by atomic mass is 32.2. The summed E-state index contributed by atoms with van der Waals surface area (Å²) < 4.78 is 4.74. The molecule has 2 aromatic rings. The molecule has 0 spiro atoms. The third kappa shape index (κ3) is 6.14. The molecule has 0 aliphatic heterocycles. The topological polar surface area (TPSA) is 69.5 Å². The maximum Gasteiger partial charge on any atom is 0.367 e. The molecule has 0 saturated carbocycles. The lowest BCUT2D eigenvalue weighted by Crippen LogP contribution is -2.12. The van der Waals surface area contributed by atoms with Gasteiger partial charge in [-0.25, -0.2) is 4.79 Å². The number of carbonyl (C=O) groups is 1. The Balaban J connectivity index is 2.14. The molecular weight excluding hydrogens is 364 g/mol. The predicted octanol–water partition coefficient (Wildman–Crippen LogP) is 4.16. The first-order valence-corrected chi connectivity index (χ1v) is 9.05. The number of carbonyl (C=O) groups excluding carboxylic acids is 1. The molecule has 0 aliphatic rings. The van der Waals surface area contributed by atoms with Gasteiger partial charge in [0.2, 0.25) is 5.04 Å². The lowest BCUT2D eigenvalue weighted by atomic mass is 10.1. The number of hydrogen-bond donors (Lipinski definition) is 0. The highest BCUT2D eigenvalue weighted by Gasteiger charge is 2.17. The first kappa shape index (κ1) is 20.5. The van der Waals surface area contributed by atoms with Gasteiger partial charge >= 0.3 is 5.97 Å². The summed E-state index contributed by atoms with van der Waals surface area (Å²) in [6, 6.07) is 15.7. The van der Waals surface area contributed by atoms with Crippen molar-refractivity contribution in [2.24, 2.45) is 10.3 Å². The van der Waals surface area contributed by atoms with E-state index in [9.17, 15) is 4.79 Å². The molecule has 0 N–H and O–H groups in total. The molecule has 0 bridgehead atoms. The summed E-state index contributed by atoms with van der Waals surface area (Å²) in [5.74, 6) is -0.553. The van der Waals surface area contributed by atoms with Gasteiger partial charge in [0.05, 0.1) is 12.8 Å². The van der Waals surface area contributed by atoms with Crippen LogP contribution in [0.2, 0.25) is 0 Å². The number of oxime groups is 2. The fraction of sp³-hybridized carbons (Fsp3) is 0.250. The molecule has 0 aliphatic carbocycles. The molecule has 0 saturated heterocycles. The minimum Gasteiger partial charge on any atom is -0.464 e. The number of methoxy groups -OCH3 is 1. The Morgan fingerprint density at radius 1 is 1.07 bits per heavy atom. The van der Waals surface area contributed by atoms with Crippen LogP contribution in [0.25, 0.3) is 0 Å². The van der Waals surface area contributed by atoms with Crippen LogP contribution in [0, 0.1) is 6.92 Å². The molecule has 0 unspecified atom stereocenters. The smallest absolute Gasteiger partial charge is 0.367 e. The summed E-state index contributed by atoms with van der Waals surface area (Å²) in [6.07, 6.45) is 0. The summed E-state index contributed by atoms with van der Waals surface area (Å²) in [5.41, 5.74) is 3.66. The van der Waals surface area contributed by atoms with Crippen molar-refractivity contribution in [2.75, 3.05) is 14.2 Å². The maximum atomic E-state index is 11.8. The molecular formula is C20H22N2O4S. The zero-order valence-electron chi connectivity index (χ0n) is 15.8. The Hall–Kier alpha value is -2.80. The fourth-order valence-corrected chi connectivity index (χ4v) is 3.04. The van der Waals surface area contributed by atoms with E-state index in [-0.39, 0.29) is 5.04 Å². The summed E-state index contributed by atoms with van der Waals surface area (Å²) in [4.78, 5) is 22.8. The normalized spacial score (nSPS) is 11.9. The van der Waals surface area contributed by atoms with Crippen molar-refractivity contribution in [3.63, 3.8) is 0 Å². The number of thioether (sulfide) groups is 1. The minimum atomic E-state index is -0.553. The Bertz CT molecular complexity index is 835. The van der Waals surface area contributed by atoms with E-state index >= 15 is 0 Å². The van der Waals surface area contributed by atoms with Gasteiger partial charge in [0.25, 0.3) is 0 Å². The maximum absolute atomic E-state index is 11.8. The Morgan fingerprint density at radius 3 is 2.48 bits per heavy atom. The molecule has 0 aromatic heterocycles. The summed E-state index contributed by atoms with van der Waals surface area (Å²) in [5, 5.41) is 8.05. The van der Waals surface area contributed by atoms with Crippen molar-refractivity contribution >= 4 is 28.5 Å². The lowest BCUT2D eigenvalue weighted by molar-refractivity contribution is -0.132. The van der Waals surface area contributed by atoms with E-state index < -0.39 is 5.97 Å². The number of hydrogen-bond acceptors (Lipinski definition) is 7. The third-order valence-corrected chi connectivity index (χ3v) is 4.72. The van der Waals surface area contributed by atoms with E-state index in [4.69, 9.17) is 14.4 Å². The van der Waals surface area contributed by atoms with Gasteiger partial charge in [-0.2, -0.15) is 0 Å². The van der Waals surface area contributed by atoms with E-state index in [0.717, 1.165) is 27.3 Å². The molecule has 142 valence electrons. The van der Waals surface area contributed by atoms with Crippen LogP contribution in [0.3, 0.4) is 0 Å². The monoisotopic (exact) mass is 386 g/mol. The second-order valence-electron chi connectivity index (χ2n) is 5.59. The number of esters is 1. The predicted molar refractivity (Wildman–Crippen MR) is 107 cm³/mol. The van der Waals surface area contributed by atoms with E-state index in [2.05, 4.69) is 10.3 Å². The number of rotatable bonds is 6. The Morgan fingerprint density at radius 2 is 1.81 bits per heavy atom. The van der Waals surface area contributed by atoms with E-state index in [1.165, 1.54) is 26.0 Å². The number of aryl methyl sites for hydroxylation is 1. The number of ether oxygens (including phenoxy) is 1. The lowest BCUT2D eigenvalue weighted by Gasteiger charge is -2.09. The van der Waals surface area contributed by atoms with Crippen LogP contribution in [-0.4, -0.2) is 30.9 Å². The Labute approximate surface area is 163 Å². The molecule has 27 heavy (non-hydrogen) atoms. The number of benzene rings is 2. The summed E-state index contributed by atoms with van der Waals surface area (Å²) in [6.45, 7) is 4.22. The average molecular weight is 386 g/mol. The van der Waals surface area contributed by atoms with Crippen LogP contribution in [0.15, 0.2) is 63.7 Å².